The minimum Gasteiger partial charge on any atom is -0.357 e. The Balaban J connectivity index is 0.000000845. The lowest BCUT2D eigenvalue weighted by Gasteiger charge is -1.87. The van der Waals surface area contributed by atoms with Gasteiger partial charge in [0.15, 0.2) is 0 Å². The van der Waals surface area contributed by atoms with Crippen LogP contribution in [0.3, 0.4) is 0 Å². The molecule has 0 spiro atoms. The molecule has 0 aliphatic carbocycles. The molecule has 13 heavy (non-hydrogen) atoms. The van der Waals surface area contributed by atoms with E-state index in [0.29, 0.717) is 6.54 Å². The molecular weight excluding hydrogens is 191 g/mol. The quantitative estimate of drug-likeness (QED) is 0.728. The zero-order chi connectivity index (χ0) is 8.55. The van der Waals surface area contributed by atoms with E-state index in [9.17, 15) is 4.39 Å². The topological polar surface area (TPSA) is 41.8 Å². The Morgan fingerprint density at radius 3 is 2.77 bits per heavy atom. The Morgan fingerprint density at radius 1 is 1.31 bits per heavy atom. The lowest BCUT2D eigenvalue weighted by Crippen LogP contribution is -1.94. The van der Waals surface area contributed by atoms with Crippen LogP contribution in [0.1, 0.15) is 5.69 Å². The highest BCUT2D eigenvalue weighted by molar-refractivity contribution is 5.85. The van der Waals surface area contributed by atoms with Crippen LogP contribution in [0.15, 0.2) is 24.3 Å². The van der Waals surface area contributed by atoms with Gasteiger partial charge in [0.2, 0.25) is 0 Å². The van der Waals surface area contributed by atoms with Crippen molar-refractivity contribution in [3.63, 3.8) is 0 Å². The SMILES string of the molecule is Cl.NCc1cc2cc(F)ccc2[nH]1. The largest absolute Gasteiger partial charge is 0.357 e. The molecule has 0 bridgehead atoms. The van der Waals surface area contributed by atoms with Gasteiger partial charge < -0.3 is 10.7 Å². The van der Waals surface area contributed by atoms with Crippen LogP contribution in [0, 0.1) is 5.82 Å². The number of hydrogen-bond donors (Lipinski definition) is 2. The third-order valence-electron chi connectivity index (χ3n) is 1.86. The molecule has 1 aromatic heterocycles. The molecule has 1 aromatic carbocycles. The summed E-state index contributed by atoms with van der Waals surface area (Å²) in [6.07, 6.45) is 0. The lowest BCUT2D eigenvalue weighted by molar-refractivity contribution is 0.630. The van der Waals surface area contributed by atoms with Gasteiger partial charge in [0.05, 0.1) is 0 Å². The van der Waals surface area contributed by atoms with Crippen LogP contribution in [-0.2, 0) is 6.54 Å². The van der Waals surface area contributed by atoms with E-state index in [1.807, 2.05) is 6.07 Å². The molecule has 0 fully saturated rings. The van der Waals surface area contributed by atoms with E-state index < -0.39 is 0 Å². The smallest absolute Gasteiger partial charge is 0.123 e. The molecule has 2 aromatic rings. The second kappa shape index (κ2) is 3.77. The summed E-state index contributed by atoms with van der Waals surface area (Å²) in [6.45, 7) is 0.455. The first-order valence-electron chi connectivity index (χ1n) is 3.77. The number of nitrogens with one attached hydrogen (secondary N) is 1. The molecule has 0 aliphatic heterocycles. The van der Waals surface area contributed by atoms with Crippen molar-refractivity contribution in [3.8, 4) is 0 Å². The highest BCUT2D eigenvalue weighted by Gasteiger charge is 1.99. The number of aromatic amines is 1. The first-order chi connectivity index (χ1) is 5.79. The van der Waals surface area contributed by atoms with Gasteiger partial charge in [0, 0.05) is 23.1 Å². The molecule has 0 saturated carbocycles. The zero-order valence-corrected chi connectivity index (χ0v) is 7.70. The second-order valence-electron chi connectivity index (χ2n) is 2.73. The highest BCUT2D eigenvalue weighted by atomic mass is 35.5. The van der Waals surface area contributed by atoms with Crippen molar-refractivity contribution in [1.29, 1.82) is 0 Å². The molecule has 2 rings (SSSR count). The fourth-order valence-corrected chi connectivity index (χ4v) is 1.27. The van der Waals surface area contributed by atoms with Gasteiger partial charge in [-0.3, -0.25) is 0 Å². The Hall–Kier alpha value is -1.06. The first kappa shape index (κ1) is 10.0. The van der Waals surface area contributed by atoms with Crippen molar-refractivity contribution in [3.05, 3.63) is 35.8 Å². The predicted molar refractivity (Wildman–Crippen MR) is 53.4 cm³/mol. The number of H-pyrrole nitrogens is 1. The maximum absolute atomic E-state index is 12.7. The van der Waals surface area contributed by atoms with Crippen molar-refractivity contribution < 1.29 is 4.39 Å². The standard InChI is InChI=1S/C9H9FN2.ClH/c10-7-1-2-9-6(3-7)4-8(5-11)12-9;/h1-4,12H,5,11H2;1H. The van der Waals surface area contributed by atoms with Crippen LogP contribution in [-0.4, -0.2) is 4.98 Å². The van der Waals surface area contributed by atoms with Crippen molar-refractivity contribution in [1.82, 2.24) is 4.98 Å². The van der Waals surface area contributed by atoms with E-state index in [-0.39, 0.29) is 18.2 Å². The Morgan fingerprint density at radius 2 is 2.08 bits per heavy atom. The van der Waals surface area contributed by atoms with Gasteiger partial charge in [0.1, 0.15) is 5.82 Å². The van der Waals surface area contributed by atoms with E-state index in [1.54, 1.807) is 6.07 Å². The molecule has 0 amide bonds. The normalized spacial score (nSPS) is 10.0. The molecule has 3 N–H and O–H groups in total. The molecule has 0 atom stereocenters. The first-order valence-corrected chi connectivity index (χ1v) is 3.77. The maximum atomic E-state index is 12.7. The number of rotatable bonds is 1. The van der Waals surface area contributed by atoms with Gasteiger partial charge in [-0.15, -0.1) is 12.4 Å². The maximum Gasteiger partial charge on any atom is 0.123 e. The average molecular weight is 201 g/mol. The van der Waals surface area contributed by atoms with Gasteiger partial charge in [0.25, 0.3) is 0 Å². The summed E-state index contributed by atoms with van der Waals surface area (Å²) in [5.41, 5.74) is 7.28. The summed E-state index contributed by atoms with van der Waals surface area (Å²) in [7, 11) is 0. The van der Waals surface area contributed by atoms with Crippen molar-refractivity contribution in [2.75, 3.05) is 0 Å². The molecule has 1 heterocycles. The average Bonchev–Trinajstić information content (AvgIpc) is 2.46. The summed E-state index contributed by atoms with van der Waals surface area (Å²) in [6, 6.07) is 6.49. The monoisotopic (exact) mass is 200 g/mol. The van der Waals surface area contributed by atoms with E-state index in [2.05, 4.69) is 4.98 Å². The van der Waals surface area contributed by atoms with Crippen LogP contribution in [0.2, 0.25) is 0 Å². The van der Waals surface area contributed by atoms with Crippen molar-refractivity contribution in [2.24, 2.45) is 5.73 Å². The van der Waals surface area contributed by atoms with E-state index in [4.69, 9.17) is 5.73 Å². The lowest BCUT2D eigenvalue weighted by atomic mass is 10.2. The molecule has 0 unspecified atom stereocenters. The fourth-order valence-electron chi connectivity index (χ4n) is 1.27. The summed E-state index contributed by atoms with van der Waals surface area (Å²) in [5.74, 6) is -0.218. The van der Waals surface area contributed by atoms with Crippen LogP contribution >= 0.6 is 12.4 Å². The van der Waals surface area contributed by atoms with Crippen molar-refractivity contribution in [2.45, 2.75) is 6.54 Å². The summed E-state index contributed by atoms with van der Waals surface area (Å²) in [4.78, 5) is 3.08. The fraction of sp³-hybridized carbons (Fsp3) is 0.111. The molecule has 0 radical (unpaired) electrons. The number of aromatic nitrogens is 1. The molecular formula is C9H10ClFN2. The third-order valence-corrected chi connectivity index (χ3v) is 1.86. The molecule has 70 valence electrons. The minimum atomic E-state index is -0.218. The van der Waals surface area contributed by atoms with E-state index >= 15 is 0 Å². The Bertz CT molecular complexity index is 411. The second-order valence-corrected chi connectivity index (χ2v) is 2.73. The van der Waals surface area contributed by atoms with Crippen LogP contribution in [0.25, 0.3) is 10.9 Å². The zero-order valence-electron chi connectivity index (χ0n) is 6.88. The number of hydrogen-bond acceptors (Lipinski definition) is 1. The molecule has 2 nitrogen and oxygen atoms in total. The predicted octanol–water partition coefficient (Wildman–Crippen LogP) is 2.19. The van der Waals surface area contributed by atoms with Gasteiger partial charge in [-0.05, 0) is 24.3 Å². The van der Waals surface area contributed by atoms with Gasteiger partial charge in [-0.25, -0.2) is 4.39 Å². The van der Waals surface area contributed by atoms with Gasteiger partial charge in [-0.1, -0.05) is 0 Å². The van der Waals surface area contributed by atoms with Crippen LogP contribution < -0.4 is 5.73 Å². The Labute approximate surface area is 81.3 Å². The number of nitrogens with two attached hydrogens (primary N) is 1. The van der Waals surface area contributed by atoms with Gasteiger partial charge >= 0.3 is 0 Å². The summed E-state index contributed by atoms with van der Waals surface area (Å²) in [5, 5.41) is 0.871. The summed E-state index contributed by atoms with van der Waals surface area (Å²) < 4.78 is 12.7. The molecule has 4 heteroatoms. The Kier molecular flexibility index (Phi) is 2.90. The summed E-state index contributed by atoms with van der Waals surface area (Å²) >= 11 is 0. The molecule has 0 saturated heterocycles. The van der Waals surface area contributed by atoms with Crippen LogP contribution in [0.5, 0.6) is 0 Å². The number of fused-ring (bicyclic) bond motifs is 1. The minimum absolute atomic E-state index is 0. The van der Waals surface area contributed by atoms with Crippen molar-refractivity contribution >= 4 is 23.3 Å². The highest BCUT2D eigenvalue weighted by Crippen LogP contribution is 2.15. The third kappa shape index (κ3) is 1.82. The number of benzene rings is 1. The van der Waals surface area contributed by atoms with E-state index in [0.717, 1.165) is 16.6 Å². The number of halogens is 2. The van der Waals surface area contributed by atoms with Gasteiger partial charge in [-0.2, -0.15) is 0 Å². The van der Waals surface area contributed by atoms with E-state index in [1.165, 1.54) is 12.1 Å². The van der Waals surface area contributed by atoms with Crippen LogP contribution in [0.4, 0.5) is 4.39 Å². The molecule has 0 aliphatic rings.